The summed E-state index contributed by atoms with van der Waals surface area (Å²) in [5.74, 6) is 1.48. The lowest BCUT2D eigenvalue weighted by molar-refractivity contribution is 0.0694. The first-order valence-electron chi connectivity index (χ1n) is 9.31. The van der Waals surface area contributed by atoms with Crippen LogP contribution in [0.1, 0.15) is 18.2 Å². The van der Waals surface area contributed by atoms with Crippen molar-refractivity contribution in [2.45, 2.75) is 25.9 Å². The van der Waals surface area contributed by atoms with E-state index in [-0.39, 0.29) is 6.10 Å². The average Bonchev–Trinajstić information content (AvgIpc) is 3.18. The molecule has 5 nitrogen and oxygen atoms in total. The summed E-state index contributed by atoms with van der Waals surface area (Å²) in [6, 6.07) is 17.9. The van der Waals surface area contributed by atoms with E-state index in [2.05, 4.69) is 17.1 Å². The Balaban J connectivity index is 1.47. The second-order valence-corrected chi connectivity index (χ2v) is 6.27. The van der Waals surface area contributed by atoms with Crippen LogP contribution in [-0.4, -0.2) is 30.8 Å². The highest BCUT2D eigenvalue weighted by molar-refractivity contribution is 5.52. The van der Waals surface area contributed by atoms with E-state index in [9.17, 15) is 0 Å². The molecule has 2 aromatic carbocycles. The molecule has 1 heterocycles. The largest absolute Gasteiger partial charge is 0.493 e. The van der Waals surface area contributed by atoms with Crippen molar-refractivity contribution in [1.82, 2.24) is 4.98 Å². The summed E-state index contributed by atoms with van der Waals surface area (Å²) in [5, 5.41) is 0. The molecule has 5 heteroatoms. The minimum atomic E-state index is 0.0627. The van der Waals surface area contributed by atoms with Crippen molar-refractivity contribution in [3.05, 3.63) is 72.1 Å². The predicted molar refractivity (Wildman–Crippen MR) is 106 cm³/mol. The van der Waals surface area contributed by atoms with Crippen molar-refractivity contribution in [2.24, 2.45) is 5.73 Å². The van der Waals surface area contributed by atoms with Crippen molar-refractivity contribution < 1.29 is 13.9 Å². The minimum absolute atomic E-state index is 0.0627. The molecule has 0 bridgehead atoms. The third kappa shape index (κ3) is 5.67. The Kier molecular flexibility index (Phi) is 7.02. The standard InChI is InChI=1S/C22H26N2O3/c1-2-25-21(15-23)14-17-8-10-20(11-9-17)26-13-12-19-16-27-22(24-19)18-6-4-3-5-7-18/h3-11,16,21H,2,12-15,23H2,1H3. The molecule has 3 rings (SSSR count). The van der Waals surface area contributed by atoms with Crippen LogP contribution >= 0.6 is 0 Å². The molecule has 0 aliphatic heterocycles. The maximum Gasteiger partial charge on any atom is 0.226 e. The molecule has 2 N–H and O–H groups in total. The number of nitrogens with two attached hydrogens (primary N) is 1. The number of ether oxygens (including phenoxy) is 2. The van der Waals surface area contributed by atoms with Gasteiger partial charge in [0.1, 0.15) is 12.0 Å². The van der Waals surface area contributed by atoms with Crippen molar-refractivity contribution in [1.29, 1.82) is 0 Å². The van der Waals surface area contributed by atoms with E-state index in [1.165, 1.54) is 5.56 Å². The second kappa shape index (κ2) is 9.90. The van der Waals surface area contributed by atoms with Gasteiger partial charge in [-0.25, -0.2) is 4.98 Å². The van der Waals surface area contributed by atoms with Gasteiger partial charge in [-0.1, -0.05) is 30.3 Å². The summed E-state index contributed by atoms with van der Waals surface area (Å²) in [7, 11) is 0. The first-order chi connectivity index (χ1) is 13.3. The molecule has 1 unspecified atom stereocenters. The van der Waals surface area contributed by atoms with E-state index in [1.807, 2.05) is 49.4 Å². The average molecular weight is 366 g/mol. The molecule has 3 aromatic rings. The summed E-state index contributed by atoms with van der Waals surface area (Å²) >= 11 is 0. The fourth-order valence-corrected chi connectivity index (χ4v) is 2.84. The maximum atomic E-state index is 5.82. The van der Waals surface area contributed by atoms with E-state index in [0.717, 1.165) is 23.4 Å². The Morgan fingerprint density at radius 1 is 1.07 bits per heavy atom. The predicted octanol–water partition coefficient (Wildman–Crippen LogP) is 3.87. The molecule has 27 heavy (non-hydrogen) atoms. The number of benzene rings is 2. The van der Waals surface area contributed by atoms with Gasteiger partial charge in [-0.15, -0.1) is 0 Å². The summed E-state index contributed by atoms with van der Waals surface area (Å²) in [5.41, 5.74) is 8.78. The fraction of sp³-hybridized carbons (Fsp3) is 0.318. The minimum Gasteiger partial charge on any atom is -0.493 e. The van der Waals surface area contributed by atoms with Crippen molar-refractivity contribution in [3.63, 3.8) is 0 Å². The maximum absolute atomic E-state index is 5.82. The van der Waals surface area contributed by atoms with Crippen LogP contribution in [0.4, 0.5) is 0 Å². The van der Waals surface area contributed by atoms with Gasteiger partial charge in [-0.2, -0.15) is 0 Å². The Hall–Kier alpha value is -2.63. The molecule has 0 saturated heterocycles. The van der Waals surface area contributed by atoms with Crippen LogP contribution in [-0.2, 0) is 17.6 Å². The normalized spacial score (nSPS) is 12.1. The van der Waals surface area contributed by atoms with Gasteiger partial charge in [0.15, 0.2) is 0 Å². The zero-order valence-corrected chi connectivity index (χ0v) is 15.6. The highest BCUT2D eigenvalue weighted by Crippen LogP contribution is 2.19. The highest BCUT2D eigenvalue weighted by Gasteiger charge is 2.08. The number of hydrogen-bond donors (Lipinski definition) is 1. The lowest BCUT2D eigenvalue weighted by Gasteiger charge is -2.15. The topological polar surface area (TPSA) is 70.5 Å². The zero-order chi connectivity index (χ0) is 18.9. The SMILES string of the molecule is CCOC(CN)Cc1ccc(OCCc2coc(-c3ccccc3)n2)cc1. The molecule has 142 valence electrons. The molecule has 0 aliphatic carbocycles. The third-order valence-corrected chi connectivity index (χ3v) is 4.25. The summed E-state index contributed by atoms with van der Waals surface area (Å²) in [6.45, 7) is 3.73. The molecule has 1 atom stereocenters. The summed E-state index contributed by atoms with van der Waals surface area (Å²) in [4.78, 5) is 4.51. The zero-order valence-electron chi connectivity index (χ0n) is 15.6. The van der Waals surface area contributed by atoms with Gasteiger partial charge in [0.05, 0.1) is 18.4 Å². The van der Waals surface area contributed by atoms with Crippen molar-refractivity contribution in [2.75, 3.05) is 19.8 Å². The molecule has 0 radical (unpaired) electrons. The van der Waals surface area contributed by atoms with Crippen molar-refractivity contribution in [3.8, 4) is 17.2 Å². The van der Waals surface area contributed by atoms with Crippen molar-refractivity contribution >= 4 is 0 Å². The van der Waals surface area contributed by atoms with Gasteiger partial charge in [-0.05, 0) is 43.2 Å². The van der Waals surface area contributed by atoms with Crippen LogP contribution < -0.4 is 10.5 Å². The van der Waals surface area contributed by atoms with Gasteiger partial charge in [-0.3, -0.25) is 0 Å². The van der Waals surface area contributed by atoms with Gasteiger partial charge < -0.3 is 19.6 Å². The smallest absolute Gasteiger partial charge is 0.226 e. The summed E-state index contributed by atoms with van der Waals surface area (Å²) in [6.07, 6.45) is 3.26. The molecule has 1 aromatic heterocycles. The lowest BCUT2D eigenvalue weighted by atomic mass is 10.1. The van der Waals surface area contributed by atoms with E-state index >= 15 is 0 Å². The van der Waals surface area contributed by atoms with Crippen LogP contribution in [0.5, 0.6) is 5.75 Å². The van der Waals surface area contributed by atoms with Gasteiger partial charge in [0.25, 0.3) is 0 Å². The number of nitrogens with zero attached hydrogens (tertiary/aromatic N) is 1. The van der Waals surface area contributed by atoms with Crippen LogP contribution in [0.15, 0.2) is 65.3 Å². The van der Waals surface area contributed by atoms with Crippen LogP contribution in [0.2, 0.25) is 0 Å². The molecule has 0 fully saturated rings. The molecular formula is C22H26N2O3. The van der Waals surface area contributed by atoms with Crippen LogP contribution in [0, 0.1) is 0 Å². The molecule has 0 saturated carbocycles. The number of rotatable bonds is 10. The van der Waals surface area contributed by atoms with E-state index in [0.29, 0.717) is 32.1 Å². The molecular weight excluding hydrogens is 340 g/mol. The monoisotopic (exact) mass is 366 g/mol. The molecule has 0 aliphatic rings. The van der Waals surface area contributed by atoms with Gasteiger partial charge in [0, 0.05) is 25.1 Å². The highest BCUT2D eigenvalue weighted by atomic mass is 16.5. The van der Waals surface area contributed by atoms with E-state index in [1.54, 1.807) is 6.26 Å². The number of aromatic nitrogens is 1. The first kappa shape index (κ1) is 19.1. The quantitative estimate of drug-likeness (QED) is 0.590. The first-order valence-corrected chi connectivity index (χ1v) is 9.31. The molecule has 0 spiro atoms. The Bertz CT molecular complexity index is 800. The third-order valence-electron chi connectivity index (χ3n) is 4.25. The van der Waals surface area contributed by atoms with E-state index < -0.39 is 0 Å². The lowest BCUT2D eigenvalue weighted by Crippen LogP contribution is -2.26. The molecule has 0 amide bonds. The van der Waals surface area contributed by atoms with Gasteiger partial charge >= 0.3 is 0 Å². The second-order valence-electron chi connectivity index (χ2n) is 6.27. The fourth-order valence-electron chi connectivity index (χ4n) is 2.84. The van der Waals surface area contributed by atoms with E-state index in [4.69, 9.17) is 19.6 Å². The van der Waals surface area contributed by atoms with Gasteiger partial charge in [0.2, 0.25) is 5.89 Å². The Morgan fingerprint density at radius 2 is 1.85 bits per heavy atom. The summed E-state index contributed by atoms with van der Waals surface area (Å²) < 4.78 is 17.0. The van der Waals surface area contributed by atoms with Crippen LogP contribution in [0.3, 0.4) is 0 Å². The Morgan fingerprint density at radius 3 is 2.56 bits per heavy atom. The number of oxazole rings is 1. The Labute approximate surface area is 160 Å². The number of hydrogen-bond acceptors (Lipinski definition) is 5. The van der Waals surface area contributed by atoms with Crippen LogP contribution in [0.25, 0.3) is 11.5 Å².